The molecule has 0 amide bonds. The summed E-state index contributed by atoms with van der Waals surface area (Å²) in [5.41, 5.74) is 10.6. The fourth-order valence-corrected chi connectivity index (χ4v) is 0.970. The molecule has 0 aromatic heterocycles. The van der Waals surface area contributed by atoms with Crippen molar-refractivity contribution in [3.63, 3.8) is 0 Å². The summed E-state index contributed by atoms with van der Waals surface area (Å²) in [7, 11) is 1.63. The van der Waals surface area contributed by atoms with Crippen LogP contribution in [0.3, 0.4) is 0 Å². The Morgan fingerprint density at radius 1 is 1.75 bits per heavy atom. The minimum Gasteiger partial charge on any atom is -0.385 e. The second-order valence-electron chi connectivity index (χ2n) is 2.71. The van der Waals surface area contributed by atoms with Crippen LogP contribution in [0.1, 0.15) is 6.42 Å². The van der Waals surface area contributed by atoms with Gasteiger partial charge in [-0.2, -0.15) is 0 Å². The van der Waals surface area contributed by atoms with Gasteiger partial charge in [-0.1, -0.05) is 0 Å². The Morgan fingerprint density at radius 2 is 2.50 bits per heavy atom. The molecule has 1 aliphatic heterocycles. The molecule has 0 aromatic rings. The van der Waals surface area contributed by atoms with Gasteiger partial charge in [0.25, 0.3) is 0 Å². The first-order valence-corrected chi connectivity index (χ1v) is 3.74. The number of rotatable bonds is 3. The van der Waals surface area contributed by atoms with Crippen molar-refractivity contribution in [1.29, 1.82) is 0 Å². The molecule has 1 aliphatic rings. The number of nitrogens with zero attached hydrogens (tertiary/aromatic N) is 1. The van der Waals surface area contributed by atoms with Crippen molar-refractivity contribution in [2.45, 2.75) is 12.1 Å². The van der Waals surface area contributed by atoms with Crippen LogP contribution in [0, 0.1) is 0 Å². The summed E-state index contributed by atoms with van der Waals surface area (Å²) in [6, 6.07) is 0. The van der Waals surface area contributed by atoms with Crippen molar-refractivity contribution in [2.24, 2.45) is 16.5 Å². The number of guanidine groups is 1. The summed E-state index contributed by atoms with van der Waals surface area (Å²) in [6.45, 7) is 0.567. The summed E-state index contributed by atoms with van der Waals surface area (Å²) in [6.07, 6.45) is 4.09. The van der Waals surface area contributed by atoms with Crippen molar-refractivity contribution in [1.82, 2.24) is 5.32 Å². The first-order chi connectivity index (χ1) is 5.66. The van der Waals surface area contributed by atoms with Gasteiger partial charge in [-0.3, -0.25) is 0 Å². The van der Waals surface area contributed by atoms with Gasteiger partial charge in [0, 0.05) is 19.7 Å². The largest absolute Gasteiger partial charge is 0.385 e. The van der Waals surface area contributed by atoms with E-state index in [2.05, 4.69) is 10.3 Å². The lowest BCUT2D eigenvalue weighted by Crippen LogP contribution is -2.45. The van der Waals surface area contributed by atoms with Gasteiger partial charge < -0.3 is 21.5 Å². The van der Waals surface area contributed by atoms with E-state index in [4.69, 9.17) is 16.2 Å². The number of ether oxygens (including phenoxy) is 1. The van der Waals surface area contributed by atoms with E-state index >= 15 is 0 Å². The first kappa shape index (κ1) is 9.02. The van der Waals surface area contributed by atoms with E-state index in [1.165, 1.54) is 0 Å². The maximum atomic E-state index is 5.86. The molecular formula is C7H14N4O. The van der Waals surface area contributed by atoms with E-state index in [-0.39, 0.29) is 0 Å². The maximum absolute atomic E-state index is 5.86. The predicted molar refractivity (Wildman–Crippen MR) is 47.3 cm³/mol. The van der Waals surface area contributed by atoms with Crippen molar-refractivity contribution in [3.8, 4) is 0 Å². The topological polar surface area (TPSA) is 85.7 Å². The smallest absolute Gasteiger partial charge is 0.194 e. The van der Waals surface area contributed by atoms with Crippen LogP contribution in [-0.4, -0.2) is 25.3 Å². The fourth-order valence-electron chi connectivity index (χ4n) is 0.970. The summed E-state index contributed by atoms with van der Waals surface area (Å²) in [5, 5.41) is 2.74. The monoisotopic (exact) mass is 170 g/mol. The molecule has 1 atom stereocenters. The van der Waals surface area contributed by atoms with Crippen molar-refractivity contribution >= 4 is 5.96 Å². The molecule has 0 aliphatic carbocycles. The fraction of sp³-hybridized carbons (Fsp3) is 0.571. The van der Waals surface area contributed by atoms with E-state index in [1.54, 1.807) is 19.4 Å². The highest BCUT2D eigenvalue weighted by molar-refractivity contribution is 5.80. The maximum Gasteiger partial charge on any atom is 0.194 e. The Bertz CT molecular complexity index is 213. The van der Waals surface area contributed by atoms with Crippen LogP contribution >= 0.6 is 0 Å². The Kier molecular flexibility index (Phi) is 2.67. The summed E-state index contributed by atoms with van der Waals surface area (Å²) in [5.74, 6) is 0.344. The van der Waals surface area contributed by atoms with Crippen LogP contribution in [0.2, 0.25) is 0 Å². The molecule has 5 N–H and O–H groups in total. The lowest BCUT2D eigenvalue weighted by atomic mass is 10.1. The van der Waals surface area contributed by atoms with Gasteiger partial charge >= 0.3 is 0 Å². The number of nitrogens with one attached hydrogen (secondary N) is 1. The molecule has 0 saturated heterocycles. The normalized spacial score (nSPS) is 28.0. The molecule has 0 radical (unpaired) electrons. The van der Waals surface area contributed by atoms with Crippen LogP contribution in [0.5, 0.6) is 0 Å². The highest BCUT2D eigenvalue weighted by atomic mass is 16.5. The molecule has 5 heteroatoms. The molecule has 12 heavy (non-hydrogen) atoms. The third kappa shape index (κ3) is 2.21. The van der Waals surface area contributed by atoms with Gasteiger partial charge in [0.15, 0.2) is 5.96 Å². The Hall–Kier alpha value is -1.07. The van der Waals surface area contributed by atoms with Crippen molar-refractivity contribution < 1.29 is 4.74 Å². The first-order valence-electron chi connectivity index (χ1n) is 3.74. The third-order valence-electron chi connectivity index (χ3n) is 1.64. The lowest BCUT2D eigenvalue weighted by Gasteiger charge is -2.24. The number of hydrogen-bond acceptors (Lipinski definition) is 5. The molecule has 0 fully saturated rings. The lowest BCUT2D eigenvalue weighted by molar-refractivity contribution is 0.178. The van der Waals surface area contributed by atoms with Crippen LogP contribution in [-0.2, 0) is 4.74 Å². The molecule has 0 aromatic carbocycles. The number of aliphatic imine (C=N–C) groups is 1. The number of nitrogens with two attached hydrogens (primary N) is 2. The van der Waals surface area contributed by atoms with E-state index in [0.29, 0.717) is 19.0 Å². The van der Waals surface area contributed by atoms with E-state index in [0.717, 1.165) is 0 Å². The standard InChI is InChI=1S/C7H14N4O/c1-12-5-3-7(9)2-4-10-6(8)11-7/h2,4H,3,5,9H2,1H3,(H3,8,10,11). The number of hydrogen-bond donors (Lipinski definition) is 3. The van der Waals surface area contributed by atoms with Gasteiger partial charge in [-0.25, -0.2) is 4.99 Å². The molecule has 0 bridgehead atoms. The molecule has 1 rings (SSSR count). The SMILES string of the molecule is COCCC1(N)C=CNC(N)=N1. The minimum atomic E-state index is -0.703. The van der Waals surface area contributed by atoms with Crippen LogP contribution < -0.4 is 16.8 Å². The van der Waals surface area contributed by atoms with Crippen LogP contribution in [0.15, 0.2) is 17.3 Å². The summed E-state index contributed by atoms with van der Waals surface area (Å²) >= 11 is 0. The average Bonchev–Trinajstić information content (AvgIpc) is 2.01. The van der Waals surface area contributed by atoms with Crippen LogP contribution in [0.4, 0.5) is 0 Å². The molecular weight excluding hydrogens is 156 g/mol. The summed E-state index contributed by atoms with van der Waals surface area (Å²) in [4.78, 5) is 4.05. The van der Waals surface area contributed by atoms with Gasteiger partial charge in [-0.05, 0) is 6.08 Å². The van der Waals surface area contributed by atoms with Crippen LogP contribution in [0.25, 0.3) is 0 Å². The third-order valence-corrected chi connectivity index (χ3v) is 1.64. The van der Waals surface area contributed by atoms with E-state index < -0.39 is 5.66 Å². The molecule has 68 valence electrons. The Morgan fingerprint density at radius 3 is 3.08 bits per heavy atom. The van der Waals surface area contributed by atoms with E-state index in [9.17, 15) is 0 Å². The van der Waals surface area contributed by atoms with Crippen molar-refractivity contribution in [3.05, 3.63) is 12.3 Å². The molecule has 1 heterocycles. The molecule has 0 saturated carbocycles. The average molecular weight is 170 g/mol. The van der Waals surface area contributed by atoms with Gasteiger partial charge in [0.05, 0.1) is 6.61 Å². The minimum absolute atomic E-state index is 0.344. The van der Waals surface area contributed by atoms with Gasteiger partial charge in [0.2, 0.25) is 0 Å². The molecule has 5 nitrogen and oxygen atoms in total. The zero-order chi connectivity index (χ0) is 9.03. The van der Waals surface area contributed by atoms with Gasteiger partial charge in [-0.15, -0.1) is 0 Å². The quantitative estimate of drug-likeness (QED) is 0.513. The highest BCUT2D eigenvalue weighted by Crippen LogP contribution is 2.12. The Labute approximate surface area is 71.5 Å². The zero-order valence-electron chi connectivity index (χ0n) is 7.08. The summed E-state index contributed by atoms with van der Waals surface area (Å²) < 4.78 is 4.90. The predicted octanol–water partition coefficient (Wildman–Crippen LogP) is -0.890. The molecule has 0 spiro atoms. The highest BCUT2D eigenvalue weighted by Gasteiger charge is 2.22. The van der Waals surface area contributed by atoms with Gasteiger partial charge in [0.1, 0.15) is 5.66 Å². The Balaban J connectivity index is 2.57. The number of methoxy groups -OCH3 is 1. The second-order valence-corrected chi connectivity index (χ2v) is 2.71. The zero-order valence-corrected chi connectivity index (χ0v) is 7.08. The van der Waals surface area contributed by atoms with E-state index in [1.807, 2.05) is 0 Å². The van der Waals surface area contributed by atoms with Crippen molar-refractivity contribution in [2.75, 3.05) is 13.7 Å². The second kappa shape index (κ2) is 3.55. The molecule has 1 unspecified atom stereocenters.